The standard InChI is InChI=1S/C16H24BrNO3/c1-3-4-12-21-15-7-5-14(6-8-15)16(19)18(10-9-17)11-13-20-2/h5-8H,3-4,9-13H2,1-2H3. The third-order valence-corrected chi connectivity index (χ3v) is 3.43. The molecule has 0 N–H and O–H groups in total. The maximum Gasteiger partial charge on any atom is 0.253 e. The minimum atomic E-state index is 0.0200. The molecule has 1 rings (SSSR count). The fraction of sp³-hybridized carbons (Fsp3) is 0.562. The van der Waals surface area contributed by atoms with Crippen LogP contribution >= 0.6 is 15.9 Å². The van der Waals surface area contributed by atoms with Crippen molar-refractivity contribution in [3.8, 4) is 5.75 Å². The van der Waals surface area contributed by atoms with Gasteiger partial charge in [0, 0.05) is 31.1 Å². The molecule has 0 aliphatic rings. The van der Waals surface area contributed by atoms with Gasteiger partial charge in [0.15, 0.2) is 0 Å². The molecule has 1 aromatic rings. The van der Waals surface area contributed by atoms with Crippen molar-refractivity contribution in [2.24, 2.45) is 0 Å². The van der Waals surface area contributed by atoms with Crippen LogP contribution < -0.4 is 4.74 Å². The highest BCUT2D eigenvalue weighted by molar-refractivity contribution is 9.09. The molecule has 21 heavy (non-hydrogen) atoms. The highest BCUT2D eigenvalue weighted by atomic mass is 79.9. The van der Waals surface area contributed by atoms with Gasteiger partial charge in [0.2, 0.25) is 0 Å². The summed E-state index contributed by atoms with van der Waals surface area (Å²) in [5, 5.41) is 0.751. The Morgan fingerprint density at radius 1 is 1.19 bits per heavy atom. The number of amides is 1. The molecule has 0 aliphatic heterocycles. The molecule has 1 aromatic carbocycles. The van der Waals surface area contributed by atoms with E-state index in [1.54, 1.807) is 12.0 Å². The summed E-state index contributed by atoms with van der Waals surface area (Å²) in [6, 6.07) is 7.34. The lowest BCUT2D eigenvalue weighted by atomic mass is 10.2. The Bertz CT molecular complexity index is 408. The topological polar surface area (TPSA) is 38.8 Å². The molecular formula is C16H24BrNO3. The zero-order chi connectivity index (χ0) is 15.5. The SMILES string of the molecule is CCCCOc1ccc(C(=O)N(CCBr)CCOC)cc1. The van der Waals surface area contributed by atoms with Crippen molar-refractivity contribution in [3.63, 3.8) is 0 Å². The molecule has 0 heterocycles. The fourth-order valence-corrected chi connectivity index (χ4v) is 2.26. The van der Waals surface area contributed by atoms with Crippen molar-refractivity contribution in [3.05, 3.63) is 29.8 Å². The maximum atomic E-state index is 12.4. The molecule has 0 spiro atoms. The number of ether oxygens (including phenoxy) is 2. The normalized spacial score (nSPS) is 10.4. The molecular weight excluding hydrogens is 334 g/mol. The molecule has 118 valence electrons. The third kappa shape index (κ3) is 6.48. The predicted molar refractivity (Wildman–Crippen MR) is 88.4 cm³/mol. The van der Waals surface area contributed by atoms with Crippen LogP contribution in [0.3, 0.4) is 0 Å². The van der Waals surface area contributed by atoms with Crippen molar-refractivity contribution in [2.45, 2.75) is 19.8 Å². The molecule has 0 atom stereocenters. The zero-order valence-corrected chi connectivity index (χ0v) is 14.4. The summed E-state index contributed by atoms with van der Waals surface area (Å²) >= 11 is 3.37. The smallest absolute Gasteiger partial charge is 0.253 e. The molecule has 0 bridgehead atoms. The van der Waals surface area contributed by atoms with E-state index in [0.717, 1.165) is 23.9 Å². The molecule has 1 amide bonds. The highest BCUT2D eigenvalue weighted by Gasteiger charge is 2.14. The van der Waals surface area contributed by atoms with Gasteiger partial charge < -0.3 is 14.4 Å². The van der Waals surface area contributed by atoms with E-state index in [-0.39, 0.29) is 5.91 Å². The Labute approximate surface area is 135 Å². The van der Waals surface area contributed by atoms with Gasteiger partial charge in [-0.05, 0) is 30.7 Å². The minimum Gasteiger partial charge on any atom is -0.494 e. The van der Waals surface area contributed by atoms with Crippen LogP contribution in [0.2, 0.25) is 0 Å². The summed E-state index contributed by atoms with van der Waals surface area (Å²) in [6.07, 6.45) is 2.15. The van der Waals surface area contributed by atoms with Gasteiger partial charge in [0.05, 0.1) is 13.2 Å². The van der Waals surface area contributed by atoms with Crippen LogP contribution in [-0.4, -0.2) is 49.6 Å². The van der Waals surface area contributed by atoms with Crippen molar-refractivity contribution >= 4 is 21.8 Å². The van der Waals surface area contributed by atoms with Gasteiger partial charge in [-0.1, -0.05) is 29.3 Å². The first-order valence-corrected chi connectivity index (χ1v) is 8.42. The predicted octanol–water partition coefficient (Wildman–Crippen LogP) is 3.35. The Hall–Kier alpha value is -1.07. The fourth-order valence-electron chi connectivity index (χ4n) is 1.83. The molecule has 0 aliphatic carbocycles. The Morgan fingerprint density at radius 2 is 1.90 bits per heavy atom. The summed E-state index contributed by atoms with van der Waals surface area (Å²) in [5.41, 5.74) is 0.676. The van der Waals surface area contributed by atoms with Crippen molar-refractivity contribution in [1.82, 2.24) is 4.90 Å². The lowest BCUT2D eigenvalue weighted by molar-refractivity contribution is 0.0709. The Balaban J connectivity index is 2.62. The quantitative estimate of drug-likeness (QED) is 0.476. The largest absolute Gasteiger partial charge is 0.494 e. The number of rotatable bonds is 10. The van der Waals surface area contributed by atoms with E-state index in [9.17, 15) is 4.79 Å². The maximum absolute atomic E-state index is 12.4. The molecule has 0 unspecified atom stereocenters. The van der Waals surface area contributed by atoms with Crippen LogP contribution in [0.5, 0.6) is 5.75 Å². The van der Waals surface area contributed by atoms with Gasteiger partial charge in [0.1, 0.15) is 5.75 Å². The highest BCUT2D eigenvalue weighted by Crippen LogP contribution is 2.14. The molecule has 5 heteroatoms. The van der Waals surface area contributed by atoms with Gasteiger partial charge in [-0.3, -0.25) is 4.79 Å². The summed E-state index contributed by atoms with van der Waals surface area (Å²) in [6.45, 7) is 4.64. The third-order valence-electron chi connectivity index (χ3n) is 3.07. The van der Waals surface area contributed by atoms with Gasteiger partial charge in [0.25, 0.3) is 5.91 Å². The van der Waals surface area contributed by atoms with Crippen molar-refractivity contribution < 1.29 is 14.3 Å². The number of benzene rings is 1. The van der Waals surface area contributed by atoms with Crippen molar-refractivity contribution in [2.75, 3.05) is 38.7 Å². The average molecular weight is 358 g/mol. The van der Waals surface area contributed by atoms with Crippen LogP contribution in [0.15, 0.2) is 24.3 Å². The number of halogens is 1. The second-order valence-corrected chi connectivity index (χ2v) is 5.49. The number of hydrogen-bond acceptors (Lipinski definition) is 3. The van der Waals surface area contributed by atoms with E-state index in [0.29, 0.717) is 31.9 Å². The van der Waals surface area contributed by atoms with E-state index in [1.165, 1.54) is 0 Å². The second kappa shape index (κ2) is 10.6. The Morgan fingerprint density at radius 3 is 2.48 bits per heavy atom. The number of hydrogen-bond donors (Lipinski definition) is 0. The molecule has 0 aromatic heterocycles. The molecule has 0 fully saturated rings. The van der Waals surface area contributed by atoms with Crippen LogP contribution in [0.1, 0.15) is 30.1 Å². The monoisotopic (exact) mass is 357 g/mol. The average Bonchev–Trinajstić information content (AvgIpc) is 2.52. The molecule has 0 saturated carbocycles. The van der Waals surface area contributed by atoms with E-state index >= 15 is 0 Å². The first-order valence-electron chi connectivity index (χ1n) is 7.30. The number of carbonyl (C=O) groups is 1. The summed E-state index contributed by atoms with van der Waals surface area (Å²) in [5.74, 6) is 0.829. The second-order valence-electron chi connectivity index (χ2n) is 4.70. The van der Waals surface area contributed by atoms with E-state index in [2.05, 4.69) is 22.9 Å². The molecule has 0 saturated heterocycles. The van der Waals surface area contributed by atoms with Crippen LogP contribution in [0.4, 0.5) is 0 Å². The van der Waals surface area contributed by atoms with Gasteiger partial charge in [-0.25, -0.2) is 0 Å². The summed E-state index contributed by atoms with van der Waals surface area (Å²) in [7, 11) is 1.64. The summed E-state index contributed by atoms with van der Waals surface area (Å²) in [4.78, 5) is 14.2. The van der Waals surface area contributed by atoms with E-state index in [1.807, 2.05) is 24.3 Å². The van der Waals surface area contributed by atoms with Gasteiger partial charge in [-0.2, -0.15) is 0 Å². The van der Waals surface area contributed by atoms with Crippen molar-refractivity contribution in [1.29, 1.82) is 0 Å². The number of unbranched alkanes of at least 4 members (excludes halogenated alkanes) is 1. The molecule has 0 radical (unpaired) electrons. The number of nitrogens with zero attached hydrogens (tertiary/aromatic N) is 1. The summed E-state index contributed by atoms with van der Waals surface area (Å²) < 4.78 is 10.7. The van der Waals surface area contributed by atoms with Crippen LogP contribution in [0, 0.1) is 0 Å². The number of methoxy groups -OCH3 is 1. The van der Waals surface area contributed by atoms with Gasteiger partial charge in [-0.15, -0.1) is 0 Å². The first-order chi connectivity index (χ1) is 10.2. The first kappa shape index (κ1) is 18.0. The molecule has 4 nitrogen and oxygen atoms in total. The number of carbonyl (C=O) groups excluding carboxylic acids is 1. The van der Waals surface area contributed by atoms with E-state index in [4.69, 9.17) is 9.47 Å². The lowest BCUT2D eigenvalue weighted by Gasteiger charge is -2.21. The van der Waals surface area contributed by atoms with Crippen LogP contribution in [-0.2, 0) is 4.74 Å². The van der Waals surface area contributed by atoms with Crippen LogP contribution in [0.25, 0.3) is 0 Å². The zero-order valence-electron chi connectivity index (χ0n) is 12.8. The van der Waals surface area contributed by atoms with E-state index < -0.39 is 0 Å². The number of alkyl halides is 1. The van der Waals surface area contributed by atoms with Gasteiger partial charge >= 0.3 is 0 Å². The minimum absolute atomic E-state index is 0.0200. The lowest BCUT2D eigenvalue weighted by Crippen LogP contribution is -2.35. The Kier molecular flexibility index (Phi) is 9.10.